The molecule has 0 aromatic rings. The maximum atomic E-state index is 12.0. The molecule has 4 nitrogen and oxygen atoms in total. The first-order chi connectivity index (χ1) is 7.53. The molecular formula is C12H24N2O2. The summed E-state index contributed by atoms with van der Waals surface area (Å²) in [6.45, 7) is 3.40. The van der Waals surface area contributed by atoms with Crippen molar-refractivity contribution in [3.05, 3.63) is 0 Å². The van der Waals surface area contributed by atoms with Crippen molar-refractivity contribution in [2.24, 2.45) is 11.7 Å². The van der Waals surface area contributed by atoms with Crippen LogP contribution in [0.1, 0.15) is 32.6 Å². The molecular weight excluding hydrogens is 204 g/mol. The van der Waals surface area contributed by atoms with Gasteiger partial charge in [0.15, 0.2) is 0 Å². The Kier molecular flexibility index (Phi) is 4.74. The molecule has 1 aliphatic rings. The lowest BCUT2D eigenvalue weighted by Gasteiger charge is -2.40. The van der Waals surface area contributed by atoms with Crippen molar-refractivity contribution in [2.75, 3.05) is 27.2 Å². The second-order valence-corrected chi connectivity index (χ2v) is 5.03. The second kappa shape index (κ2) is 5.64. The van der Waals surface area contributed by atoms with E-state index < -0.39 is 0 Å². The Morgan fingerprint density at radius 2 is 2.19 bits per heavy atom. The van der Waals surface area contributed by atoms with Crippen molar-refractivity contribution < 1.29 is 9.53 Å². The van der Waals surface area contributed by atoms with E-state index >= 15 is 0 Å². The summed E-state index contributed by atoms with van der Waals surface area (Å²) in [6.07, 6.45) is 3.70. The van der Waals surface area contributed by atoms with Crippen molar-refractivity contribution in [1.29, 1.82) is 0 Å². The largest absolute Gasteiger partial charge is 0.378 e. The van der Waals surface area contributed by atoms with Gasteiger partial charge in [-0.3, -0.25) is 4.79 Å². The fourth-order valence-electron chi connectivity index (χ4n) is 2.08. The van der Waals surface area contributed by atoms with Crippen molar-refractivity contribution in [3.63, 3.8) is 0 Å². The number of methoxy groups -OCH3 is 1. The lowest BCUT2D eigenvalue weighted by atomic mass is 9.77. The van der Waals surface area contributed by atoms with E-state index in [0.29, 0.717) is 18.9 Å². The molecule has 1 unspecified atom stereocenters. The summed E-state index contributed by atoms with van der Waals surface area (Å²) in [7, 11) is 3.55. The quantitative estimate of drug-likeness (QED) is 0.738. The number of hydrogen-bond acceptors (Lipinski definition) is 3. The molecule has 0 aliphatic heterocycles. The van der Waals surface area contributed by atoms with Gasteiger partial charge in [0, 0.05) is 20.7 Å². The standard InChI is InChI=1S/C12H24N2O2/c1-10(8-13)9-14(2)11(15)7-12(16-3)5-4-6-12/h10H,4-9,13H2,1-3H3. The van der Waals surface area contributed by atoms with E-state index in [4.69, 9.17) is 10.5 Å². The van der Waals surface area contributed by atoms with Gasteiger partial charge >= 0.3 is 0 Å². The van der Waals surface area contributed by atoms with E-state index in [1.54, 1.807) is 12.0 Å². The molecule has 2 N–H and O–H groups in total. The highest BCUT2D eigenvalue weighted by Crippen LogP contribution is 2.38. The summed E-state index contributed by atoms with van der Waals surface area (Å²) >= 11 is 0. The first-order valence-electron chi connectivity index (χ1n) is 6.02. The fraction of sp³-hybridized carbons (Fsp3) is 0.917. The molecule has 1 rings (SSSR count). The lowest BCUT2D eigenvalue weighted by Crippen LogP contribution is -2.45. The van der Waals surface area contributed by atoms with Crippen LogP contribution in [0, 0.1) is 5.92 Å². The zero-order valence-corrected chi connectivity index (χ0v) is 10.7. The van der Waals surface area contributed by atoms with Crippen molar-refractivity contribution >= 4 is 5.91 Å². The minimum absolute atomic E-state index is 0.168. The highest BCUT2D eigenvalue weighted by atomic mass is 16.5. The molecule has 1 atom stereocenters. The molecule has 1 amide bonds. The number of carbonyl (C=O) groups is 1. The summed E-state index contributed by atoms with van der Waals surface area (Å²) < 4.78 is 5.45. The Morgan fingerprint density at radius 3 is 2.56 bits per heavy atom. The first-order valence-corrected chi connectivity index (χ1v) is 6.02. The van der Waals surface area contributed by atoms with Crippen LogP contribution in [0.15, 0.2) is 0 Å². The summed E-state index contributed by atoms with van der Waals surface area (Å²) in [5.41, 5.74) is 5.38. The van der Waals surface area contributed by atoms with Gasteiger partial charge < -0.3 is 15.4 Å². The third-order valence-electron chi connectivity index (χ3n) is 3.58. The number of ether oxygens (including phenoxy) is 1. The van der Waals surface area contributed by atoms with Gasteiger partial charge in [0.1, 0.15) is 0 Å². The summed E-state index contributed by atoms with van der Waals surface area (Å²) in [5.74, 6) is 0.524. The van der Waals surface area contributed by atoms with Crippen LogP contribution in [0.3, 0.4) is 0 Å². The molecule has 4 heteroatoms. The Bertz CT molecular complexity index is 234. The highest BCUT2D eigenvalue weighted by Gasteiger charge is 2.39. The van der Waals surface area contributed by atoms with Crippen LogP contribution < -0.4 is 5.73 Å². The van der Waals surface area contributed by atoms with Crippen LogP contribution >= 0.6 is 0 Å². The molecule has 16 heavy (non-hydrogen) atoms. The number of hydrogen-bond donors (Lipinski definition) is 1. The van der Waals surface area contributed by atoms with Gasteiger partial charge in [0.2, 0.25) is 5.91 Å². The SMILES string of the molecule is COC1(CC(=O)N(C)CC(C)CN)CCC1. The number of nitrogens with two attached hydrogens (primary N) is 1. The molecule has 0 aromatic heterocycles. The average Bonchev–Trinajstić information content (AvgIpc) is 2.22. The second-order valence-electron chi connectivity index (χ2n) is 5.03. The predicted octanol–water partition coefficient (Wildman–Crippen LogP) is 0.999. The van der Waals surface area contributed by atoms with Crippen LogP contribution in [-0.2, 0) is 9.53 Å². The van der Waals surface area contributed by atoms with Crippen LogP contribution in [0.4, 0.5) is 0 Å². The Balaban J connectivity index is 2.39. The fourth-order valence-corrected chi connectivity index (χ4v) is 2.08. The highest BCUT2D eigenvalue weighted by molar-refractivity contribution is 5.77. The van der Waals surface area contributed by atoms with Crippen molar-refractivity contribution in [3.8, 4) is 0 Å². The van der Waals surface area contributed by atoms with Gasteiger partial charge in [0.25, 0.3) is 0 Å². The average molecular weight is 228 g/mol. The Hall–Kier alpha value is -0.610. The van der Waals surface area contributed by atoms with E-state index in [1.807, 2.05) is 7.05 Å². The molecule has 0 heterocycles. The normalized spacial score (nSPS) is 20.0. The molecule has 1 aliphatic carbocycles. The topological polar surface area (TPSA) is 55.6 Å². The minimum Gasteiger partial charge on any atom is -0.378 e. The molecule has 94 valence electrons. The molecule has 0 saturated heterocycles. The third-order valence-corrected chi connectivity index (χ3v) is 3.58. The zero-order chi connectivity index (χ0) is 12.2. The predicted molar refractivity (Wildman–Crippen MR) is 64.1 cm³/mol. The smallest absolute Gasteiger partial charge is 0.225 e. The van der Waals surface area contributed by atoms with Gasteiger partial charge in [0.05, 0.1) is 12.0 Å². The van der Waals surface area contributed by atoms with E-state index in [0.717, 1.165) is 19.4 Å². The van der Waals surface area contributed by atoms with Crippen LogP contribution in [0.2, 0.25) is 0 Å². The van der Waals surface area contributed by atoms with E-state index in [2.05, 4.69) is 6.92 Å². The molecule has 0 aromatic carbocycles. The maximum absolute atomic E-state index is 12.0. The number of nitrogens with zero attached hydrogens (tertiary/aromatic N) is 1. The van der Waals surface area contributed by atoms with Crippen molar-refractivity contribution in [1.82, 2.24) is 4.90 Å². The number of carbonyl (C=O) groups excluding carboxylic acids is 1. The van der Waals surface area contributed by atoms with Crippen LogP contribution in [0.25, 0.3) is 0 Å². The summed E-state index contributed by atoms with van der Waals surface area (Å²) in [4.78, 5) is 13.7. The summed E-state index contributed by atoms with van der Waals surface area (Å²) in [5, 5.41) is 0. The van der Waals surface area contributed by atoms with Gasteiger partial charge in [-0.05, 0) is 31.7 Å². The Morgan fingerprint density at radius 1 is 1.56 bits per heavy atom. The van der Waals surface area contributed by atoms with E-state index in [9.17, 15) is 4.79 Å². The Labute approximate surface area is 98.1 Å². The molecule has 1 saturated carbocycles. The van der Waals surface area contributed by atoms with E-state index in [1.165, 1.54) is 6.42 Å². The molecule has 0 spiro atoms. The number of amides is 1. The lowest BCUT2D eigenvalue weighted by molar-refractivity contribution is -0.143. The van der Waals surface area contributed by atoms with Gasteiger partial charge in [-0.2, -0.15) is 0 Å². The molecule has 1 fully saturated rings. The monoisotopic (exact) mass is 228 g/mol. The third kappa shape index (κ3) is 3.19. The van der Waals surface area contributed by atoms with Gasteiger partial charge in [-0.25, -0.2) is 0 Å². The number of rotatable bonds is 6. The van der Waals surface area contributed by atoms with Gasteiger partial charge in [-0.15, -0.1) is 0 Å². The maximum Gasteiger partial charge on any atom is 0.225 e. The van der Waals surface area contributed by atoms with Crippen molar-refractivity contribution in [2.45, 2.75) is 38.2 Å². The summed E-state index contributed by atoms with van der Waals surface area (Å²) in [6, 6.07) is 0. The first kappa shape index (κ1) is 13.5. The van der Waals surface area contributed by atoms with Crippen LogP contribution in [0.5, 0.6) is 0 Å². The minimum atomic E-state index is -0.169. The van der Waals surface area contributed by atoms with E-state index in [-0.39, 0.29) is 11.5 Å². The molecule has 0 radical (unpaired) electrons. The molecule has 0 bridgehead atoms. The van der Waals surface area contributed by atoms with Crippen LogP contribution in [-0.4, -0.2) is 43.7 Å². The zero-order valence-electron chi connectivity index (χ0n) is 10.7. The van der Waals surface area contributed by atoms with Gasteiger partial charge in [-0.1, -0.05) is 6.92 Å².